The van der Waals surface area contributed by atoms with E-state index in [9.17, 15) is 9.59 Å². The van der Waals surface area contributed by atoms with Gasteiger partial charge in [0.25, 0.3) is 5.91 Å². The highest BCUT2D eigenvalue weighted by Crippen LogP contribution is 2.37. The summed E-state index contributed by atoms with van der Waals surface area (Å²) in [6, 6.07) is 16.4. The maximum absolute atomic E-state index is 13.2. The van der Waals surface area contributed by atoms with Crippen molar-refractivity contribution in [3.63, 3.8) is 0 Å². The molecule has 0 atom stereocenters. The molecule has 4 rings (SSSR count). The second kappa shape index (κ2) is 8.75. The zero-order valence-electron chi connectivity index (χ0n) is 16.6. The van der Waals surface area contributed by atoms with Crippen LogP contribution in [0.25, 0.3) is 22.4 Å². The molecule has 0 unspecified atom stereocenters. The minimum atomic E-state index is -0.549. The van der Waals surface area contributed by atoms with Crippen molar-refractivity contribution >= 4 is 39.8 Å². The Hall–Kier alpha value is -3.42. The Morgan fingerprint density at radius 3 is 2.42 bits per heavy atom. The van der Waals surface area contributed by atoms with Gasteiger partial charge in [-0.1, -0.05) is 59.2 Å². The molecule has 0 aliphatic heterocycles. The van der Waals surface area contributed by atoms with Gasteiger partial charge in [0.05, 0.1) is 7.11 Å². The molecule has 0 fully saturated rings. The average Bonchev–Trinajstić information content (AvgIpc) is 3.38. The number of nitrogens with one attached hydrogen (secondary N) is 1. The van der Waals surface area contributed by atoms with E-state index < -0.39 is 11.9 Å². The van der Waals surface area contributed by atoms with E-state index in [0.29, 0.717) is 32.6 Å². The van der Waals surface area contributed by atoms with Gasteiger partial charge in [0.1, 0.15) is 27.6 Å². The van der Waals surface area contributed by atoms with E-state index in [1.165, 1.54) is 18.4 Å². The van der Waals surface area contributed by atoms with Gasteiger partial charge in [-0.15, -0.1) is 11.3 Å². The second-order valence-corrected chi connectivity index (χ2v) is 7.95. The van der Waals surface area contributed by atoms with Crippen LogP contribution in [0.5, 0.6) is 0 Å². The van der Waals surface area contributed by atoms with Crippen molar-refractivity contribution in [2.75, 3.05) is 12.4 Å². The van der Waals surface area contributed by atoms with Crippen molar-refractivity contribution in [2.24, 2.45) is 0 Å². The fourth-order valence-corrected chi connectivity index (χ4v) is 4.27. The van der Waals surface area contributed by atoms with Gasteiger partial charge in [-0.3, -0.25) is 4.79 Å². The highest BCUT2D eigenvalue weighted by Gasteiger charge is 2.26. The van der Waals surface area contributed by atoms with E-state index in [1.807, 2.05) is 30.3 Å². The third kappa shape index (κ3) is 4.10. The standard InChI is InChI=1S/C23H17ClN2O4S/c1-13-18(20(26-30-13)15-6-4-3-5-7-15)21(27)25-22-19(23(28)29-2)17(12-31-22)14-8-10-16(24)11-9-14/h3-12H,1-2H3,(H,25,27). The lowest BCUT2D eigenvalue weighted by molar-refractivity contribution is 0.0603. The summed E-state index contributed by atoms with van der Waals surface area (Å²) in [5, 5.41) is 9.64. The van der Waals surface area contributed by atoms with Crippen molar-refractivity contribution in [3.05, 3.63) is 81.9 Å². The molecule has 2 heterocycles. The van der Waals surface area contributed by atoms with Gasteiger partial charge in [-0.25, -0.2) is 4.79 Å². The molecule has 156 valence electrons. The Morgan fingerprint density at radius 2 is 1.74 bits per heavy atom. The monoisotopic (exact) mass is 452 g/mol. The molecule has 0 bridgehead atoms. The van der Waals surface area contributed by atoms with Crippen LogP contribution in [0.2, 0.25) is 5.02 Å². The van der Waals surface area contributed by atoms with Crippen LogP contribution in [0.15, 0.2) is 64.5 Å². The third-order valence-electron chi connectivity index (χ3n) is 4.70. The Labute approximate surface area is 187 Å². The van der Waals surface area contributed by atoms with E-state index in [4.69, 9.17) is 20.9 Å². The molecule has 0 aliphatic carbocycles. The summed E-state index contributed by atoms with van der Waals surface area (Å²) < 4.78 is 10.3. The van der Waals surface area contributed by atoms with Crippen LogP contribution >= 0.6 is 22.9 Å². The van der Waals surface area contributed by atoms with Gasteiger partial charge in [-0.2, -0.15) is 0 Å². The molecular weight excluding hydrogens is 436 g/mol. The lowest BCUT2D eigenvalue weighted by Crippen LogP contribution is -2.15. The van der Waals surface area contributed by atoms with Gasteiger partial charge in [0, 0.05) is 21.5 Å². The number of hydrogen-bond donors (Lipinski definition) is 1. The molecule has 1 amide bonds. The third-order valence-corrected chi connectivity index (χ3v) is 5.85. The topological polar surface area (TPSA) is 81.4 Å². The summed E-state index contributed by atoms with van der Waals surface area (Å²) >= 11 is 7.21. The number of amides is 1. The van der Waals surface area contributed by atoms with Crippen molar-refractivity contribution in [3.8, 4) is 22.4 Å². The van der Waals surface area contributed by atoms with Crippen LogP contribution in [0, 0.1) is 6.92 Å². The van der Waals surface area contributed by atoms with Crippen molar-refractivity contribution in [2.45, 2.75) is 6.92 Å². The zero-order chi connectivity index (χ0) is 22.0. The first-order chi connectivity index (χ1) is 15.0. The van der Waals surface area contributed by atoms with Crippen LogP contribution in [0.3, 0.4) is 0 Å². The average molecular weight is 453 g/mol. The number of anilines is 1. The fourth-order valence-electron chi connectivity index (χ4n) is 3.19. The predicted molar refractivity (Wildman–Crippen MR) is 121 cm³/mol. The quantitative estimate of drug-likeness (QED) is 0.371. The van der Waals surface area contributed by atoms with Gasteiger partial charge in [-0.05, 0) is 24.6 Å². The fraction of sp³-hybridized carbons (Fsp3) is 0.0870. The number of aromatic nitrogens is 1. The number of rotatable bonds is 5. The summed E-state index contributed by atoms with van der Waals surface area (Å²) in [4.78, 5) is 25.7. The minimum Gasteiger partial charge on any atom is -0.465 e. The van der Waals surface area contributed by atoms with Gasteiger partial charge in [0.2, 0.25) is 0 Å². The molecule has 2 aromatic carbocycles. The molecule has 4 aromatic rings. The second-order valence-electron chi connectivity index (χ2n) is 6.63. The van der Waals surface area contributed by atoms with Crippen molar-refractivity contribution in [1.29, 1.82) is 0 Å². The molecule has 6 nitrogen and oxygen atoms in total. The van der Waals surface area contributed by atoms with Crippen LogP contribution < -0.4 is 5.32 Å². The first-order valence-corrected chi connectivity index (χ1v) is 10.5. The number of hydrogen-bond acceptors (Lipinski definition) is 6. The summed E-state index contributed by atoms with van der Waals surface area (Å²) in [5.41, 5.74) is 3.21. The molecule has 8 heteroatoms. The Balaban J connectivity index is 1.72. The van der Waals surface area contributed by atoms with Crippen LogP contribution in [0.1, 0.15) is 26.5 Å². The van der Waals surface area contributed by atoms with Crippen LogP contribution in [0.4, 0.5) is 5.00 Å². The minimum absolute atomic E-state index is 0.276. The number of esters is 1. The molecule has 0 spiro atoms. The highest BCUT2D eigenvalue weighted by molar-refractivity contribution is 7.15. The molecular formula is C23H17ClN2O4S. The summed E-state index contributed by atoms with van der Waals surface area (Å²) in [6.07, 6.45) is 0. The highest BCUT2D eigenvalue weighted by atomic mass is 35.5. The molecule has 0 saturated carbocycles. The van der Waals surface area contributed by atoms with E-state index in [0.717, 1.165) is 11.1 Å². The normalized spacial score (nSPS) is 10.7. The van der Waals surface area contributed by atoms with E-state index in [-0.39, 0.29) is 5.56 Å². The number of thiophene rings is 1. The lowest BCUT2D eigenvalue weighted by Gasteiger charge is -2.08. The smallest absolute Gasteiger partial charge is 0.341 e. The number of ether oxygens (including phenoxy) is 1. The number of carbonyl (C=O) groups excluding carboxylic acids is 2. The predicted octanol–water partition coefficient (Wildman–Crippen LogP) is 6.07. The Bertz CT molecular complexity index is 1250. The van der Waals surface area contributed by atoms with Gasteiger partial charge < -0.3 is 14.6 Å². The molecule has 2 aromatic heterocycles. The SMILES string of the molecule is COC(=O)c1c(-c2ccc(Cl)cc2)csc1NC(=O)c1c(-c2ccccc2)noc1C. The molecule has 0 aliphatic rings. The number of benzene rings is 2. The van der Waals surface area contributed by atoms with Crippen LogP contribution in [-0.4, -0.2) is 24.1 Å². The summed E-state index contributed by atoms with van der Waals surface area (Å²) in [6.45, 7) is 1.67. The van der Waals surface area contributed by atoms with Gasteiger partial charge >= 0.3 is 5.97 Å². The molecule has 0 saturated heterocycles. The number of nitrogens with zero attached hydrogens (tertiary/aromatic N) is 1. The summed E-state index contributed by atoms with van der Waals surface area (Å²) in [7, 11) is 1.30. The molecule has 1 N–H and O–H groups in total. The Morgan fingerprint density at radius 1 is 1.03 bits per heavy atom. The number of aryl methyl sites for hydroxylation is 1. The first kappa shape index (κ1) is 20.8. The van der Waals surface area contributed by atoms with E-state index >= 15 is 0 Å². The number of halogens is 1. The number of carbonyl (C=O) groups is 2. The molecule has 0 radical (unpaired) electrons. The number of methoxy groups -OCH3 is 1. The van der Waals surface area contributed by atoms with Crippen LogP contribution in [-0.2, 0) is 4.74 Å². The van der Waals surface area contributed by atoms with E-state index in [2.05, 4.69) is 10.5 Å². The Kier molecular flexibility index (Phi) is 5.88. The van der Waals surface area contributed by atoms with Gasteiger partial charge in [0.15, 0.2) is 0 Å². The maximum Gasteiger partial charge on any atom is 0.341 e. The largest absolute Gasteiger partial charge is 0.465 e. The van der Waals surface area contributed by atoms with Crippen molar-refractivity contribution in [1.82, 2.24) is 5.16 Å². The lowest BCUT2D eigenvalue weighted by atomic mass is 10.0. The first-order valence-electron chi connectivity index (χ1n) is 9.28. The molecule has 31 heavy (non-hydrogen) atoms. The maximum atomic E-state index is 13.2. The zero-order valence-corrected chi connectivity index (χ0v) is 18.2. The van der Waals surface area contributed by atoms with Crippen molar-refractivity contribution < 1.29 is 18.8 Å². The summed E-state index contributed by atoms with van der Waals surface area (Å²) in [5.74, 6) is -0.593. The van der Waals surface area contributed by atoms with E-state index in [1.54, 1.807) is 36.6 Å².